The summed E-state index contributed by atoms with van der Waals surface area (Å²) in [6.45, 7) is 3.91. The molecule has 110 valence electrons. The molecule has 0 spiro atoms. The highest BCUT2D eigenvalue weighted by molar-refractivity contribution is 6.31. The van der Waals surface area contributed by atoms with Crippen LogP contribution in [0.3, 0.4) is 0 Å². The molecular formula is C16H16ClNO3. The number of halogens is 1. The molecule has 0 atom stereocenters. The maximum absolute atomic E-state index is 11.2. The van der Waals surface area contributed by atoms with Crippen molar-refractivity contribution in [3.63, 3.8) is 0 Å². The molecule has 0 bridgehead atoms. The Morgan fingerprint density at radius 3 is 2.43 bits per heavy atom. The van der Waals surface area contributed by atoms with Crippen molar-refractivity contribution in [1.82, 2.24) is 0 Å². The normalized spacial score (nSPS) is 10.5. The van der Waals surface area contributed by atoms with Crippen LogP contribution in [0, 0.1) is 0 Å². The lowest BCUT2D eigenvalue weighted by atomic mass is 10.1. The quantitative estimate of drug-likeness (QED) is 0.849. The lowest BCUT2D eigenvalue weighted by Crippen LogP contribution is -2.05. The standard InChI is InChI=1S/C16H16ClNO3/c1-10(2)21-13-6-4-12(5-7-13)18-15-8-3-11(17)9-14(15)16(19)20/h3-10,18H,1-2H3,(H,19,20). The Labute approximate surface area is 128 Å². The smallest absolute Gasteiger partial charge is 0.337 e. The maximum Gasteiger partial charge on any atom is 0.337 e. The molecular weight excluding hydrogens is 290 g/mol. The Morgan fingerprint density at radius 2 is 1.86 bits per heavy atom. The lowest BCUT2D eigenvalue weighted by Gasteiger charge is -2.12. The molecule has 2 aromatic carbocycles. The van der Waals surface area contributed by atoms with Gasteiger partial charge in [-0.2, -0.15) is 0 Å². The first-order valence-corrected chi connectivity index (χ1v) is 6.90. The van der Waals surface area contributed by atoms with E-state index in [9.17, 15) is 9.90 Å². The Bertz CT molecular complexity index is 638. The molecule has 0 fully saturated rings. The average molecular weight is 306 g/mol. The topological polar surface area (TPSA) is 58.6 Å². The van der Waals surface area contributed by atoms with Crippen molar-refractivity contribution in [1.29, 1.82) is 0 Å². The number of anilines is 2. The van der Waals surface area contributed by atoms with Gasteiger partial charge in [0.25, 0.3) is 0 Å². The summed E-state index contributed by atoms with van der Waals surface area (Å²) in [7, 11) is 0. The summed E-state index contributed by atoms with van der Waals surface area (Å²) in [6, 6.07) is 12.0. The Kier molecular flexibility index (Phi) is 4.70. The zero-order valence-electron chi connectivity index (χ0n) is 11.8. The van der Waals surface area contributed by atoms with Crippen LogP contribution in [0.25, 0.3) is 0 Å². The van der Waals surface area contributed by atoms with Crippen molar-refractivity contribution in [3.05, 3.63) is 53.1 Å². The number of carboxylic acid groups (broad SMARTS) is 1. The molecule has 0 amide bonds. The molecule has 0 aromatic heterocycles. The summed E-state index contributed by atoms with van der Waals surface area (Å²) in [4.78, 5) is 11.2. The van der Waals surface area contributed by atoms with Crippen molar-refractivity contribution in [2.45, 2.75) is 20.0 Å². The van der Waals surface area contributed by atoms with Crippen LogP contribution in [0.5, 0.6) is 5.75 Å². The summed E-state index contributed by atoms with van der Waals surface area (Å²) < 4.78 is 5.56. The third-order valence-corrected chi connectivity index (χ3v) is 2.95. The van der Waals surface area contributed by atoms with Gasteiger partial charge < -0.3 is 15.2 Å². The van der Waals surface area contributed by atoms with Crippen LogP contribution >= 0.6 is 11.6 Å². The van der Waals surface area contributed by atoms with Gasteiger partial charge >= 0.3 is 5.97 Å². The number of carboxylic acids is 1. The van der Waals surface area contributed by atoms with Gasteiger partial charge in [-0.3, -0.25) is 0 Å². The molecule has 0 radical (unpaired) electrons. The van der Waals surface area contributed by atoms with Crippen LogP contribution in [-0.4, -0.2) is 17.2 Å². The fourth-order valence-electron chi connectivity index (χ4n) is 1.85. The lowest BCUT2D eigenvalue weighted by molar-refractivity contribution is 0.0698. The van der Waals surface area contributed by atoms with Gasteiger partial charge in [0.05, 0.1) is 17.4 Å². The number of carbonyl (C=O) groups is 1. The zero-order valence-corrected chi connectivity index (χ0v) is 12.5. The second-order valence-electron chi connectivity index (χ2n) is 4.81. The van der Waals surface area contributed by atoms with Crippen LogP contribution in [-0.2, 0) is 0 Å². The third kappa shape index (κ3) is 4.13. The molecule has 0 aliphatic heterocycles. The summed E-state index contributed by atoms with van der Waals surface area (Å²) in [5.41, 5.74) is 1.39. The molecule has 5 heteroatoms. The second kappa shape index (κ2) is 6.50. The van der Waals surface area contributed by atoms with Gasteiger partial charge in [-0.25, -0.2) is 4.79 Å². The zero-order chi connectivity index (χ0) is 15.4. The van der Waals surface area contributed by atoms with Gasteiger partial charge in [0.2, 0.25) is 0 Å². The van der Waals surface area contributed by atoms with Gasteiger partial charge in [0.15, 0.2) is 0 Å². The van der Waals surface area contributed by atoms with E-state index in [0.717, 1.165) is 11.4 Å². The van der Waals surface area contributed by atoms with Crippen molar-refractivity contribution in [3.8, 4) is 5.75 Å². The van der Waals surface area contributed by atoms with Crippen molar-refractivity contribution < 1.29 is 14.6 Å². The fraction of sp³-hybridized carbons (Fsp3) is 0.188. The molecule has 4 nitrogen and oxygen atoms in total. The van der Waals surface area contributed by atoms with Crippen molar-refractivity contribution in [2.24, 2.45) is 0 Å². The van der Waals surface area contributed by atoms with E-state index in [-0.39, 0.29) is 11.7 Å². The molecule has 0 unspecified atom stereocenters. The molecule has 0 heterocycles. The summed E-state index contributed by atoms with van der Waals surface area (Å²) in [5, 5.41) is 12.6. The second-order valence-corrected chi connectivity index (χ2v) is 5.25. The van der Waals surface area contributed by atoms with Crippen molar-refractivity contribution >= 4 is 28.9 Å². The van der Waals surface area contributed by atoms with Gasteiger partial charge in [0, 0.05) is 10.7 Å². The van der Waals surface area contributed by atoms with E-state index in [1.807, 2.05) is 38.1 Å². The SMILES string of the molecule is CC(C)Oc1ccc(Nc2ccc(Cl)cc2C(=O)O)cc1. The van der Waals surface area contributed by atoms with E-state index >= 15 is 0 Å². The van der Waals surface area contributed by atoms with Crippen LogP contribution in [0.15, 0.2) is 42.5 Å². The minimum Gasteiger partial charge on any atom is -0.491 e. The van der Waals surface area contributed by atoms with Crippen LogP contribution < -0.4 is 10.1 Å². The van der Waals surface area contributed by atoms with E-state index in [0.29, 0.717) is 10.7 Å². The first kappa shape index (κ1) is 15.2. The first-order valence-electron chi connectivity index (χ1n) is 6.52. The number of rotatable bonds is 5. The summed E-state index contributed by atoms with van der Waals surface area (Å²) in [5.74, 6) is -0.259. The number of hydrogen-bond donors (Lipinski definition) is 2. The number of ether oxygens (including phenoxy) is 1. The van der Waals surface area contributed by atoms with E-state index in [4.69, 9.17) is 16.3 Å². The van der Waals surface area contributed by atoms with E-state index in [1.165, 1.54) is 6.07 Å². The van der Waals surface area contributed by atoms with Gasteiger partial charge in [-0.1, -0.05) is 11.6 Å². The molecule has 2 N–H and O–H groups in total. The predicted molar refractivity (Wildman–Crippen MR) is 83.9 cm³/mol. The predicted octanol–water partition coefficient (Wildman–Crippen LogP) is 4.57. The van der Waals surface area contributed by atoms with Gasteiger partial charge in [0.1, 0.15) is 5.75 Å². The molecule has 2 rings (SSSR count). The van der Waals surface area contributed by atoms with Crippen LogP contribution in [0.4, 0.5) is 11.4 Å². The minimum atomic E-state index is -1.03. The number of nitrogens with one attached hydrogen (secondary N) is 1. The molecule has 2 aromatic rings. The van der Waals surface area contributed by atoms with Crippen molar-refractivity contribution in [2.75, 3.05) is 5.32 Å². The van der Waals surface area contributed by atoms with Gasteiger partial charge in [-0.15, -0.1) is 0 Å². The monoisotopic (exact) mass is 305 g/mol. The van der Waals surface area contributed by atoms with E-state index < -0.39 is 5.97 Å². The highest BCUT2D eigenvalue weighted by Gasteiger charge is 2.11. The third-order valence-electron chi connectivity index (χ3n) is 2.72. The van der Waals surface area contributed by atoms with E-state index in [1.54, 1.807) is 12.1 Å². The molecule has 0 aliphatic rings. The summed E-state index contributed by atoms with van der Waals surface area (Å²) in [6.07, 6.45) is 0.110. The van der Waals surface area contributed by atoms with Gasteiger partial charge in [-0.05, 0) is 56.3 Å². The Morgan fingerprint density at radius 1 is 1.19 bits per heavy atom. The number of benzene rings is 2. The highest BCUT2D eigenvalue weighted by Crippen LogP contribution is 2.25. The fourth-order valence-corrected chi connectivity index (χ4v) is 2.02. The Hall–Kier alpha value is -2.20. The minimum absolute atomic E-state index is 0.110. The molecule has 0 saturated heterocycles. The highest BCUT2D eigenvalue weighted by atomic mass is 35.5. The number of aromatic carboxylic acids is 1. The maximum atomic E-state index is 11.2. The molecule has 0 aliphatic carbocycles. The summed E-state index contributed by atoms with van der Waals surface area (Å²) >= 11 is 5.83. The van der Waals surface area contributed by atoms with E-state index in [2.05, 4.69) is 5.32 Å². The molecule has 21 heavy (non-hydrogen) atoms. The Balaban J connectivity index is 2.20. The van der Waals surface area contributed by atoms with Crippen LogP contribution in [0.1, 0.15) is 24.2 Å². The first-order chi connectivity index (χ1) is 9.95. The average Bonchev–Trinajstić information content (AvgIpc) is 2.42. The molecule has 0 saturated carbocycles. The number of hydrogen-bond acceptors (Lipinski definition) is 3. The largest absolute Gasteiger partial charge is 0.491 e. The van der Waals surface area contributed by atoms with Crippen LogP contribution in [0.2, 0.25) is 5.02 Å².